The van der Waals surface area contributed by atoms with E-state index in [0.717, 1.165) is 29.1 Å². The van der Waals surface area contributed by atoms with Crippen molar-refractivity contribution in [3.63, 3.8) is 0 Å². The van der Waals surface area contributed by atoms with Crippen molar-refractivity contribution in [2.45, 2.75) is 50.2 Å². The molecule has 5 nitrogen and oxygen atoms in total. The van der Waals surface area contributed by atoms with E-state index < -0.39 is 18.1 Å². The topological polar surface area (TPSA) is 63.3 Å². The highest BCUT2D eigenvalue weighted by Crippen LogP contribution is 2.36. The number of fused-ring (bicyclic) bond motifs is 1. The van der Waals surface area contributed by atoms with Crippen LogP contribution in [0.15, 0.2) is 11.0 Å². The van der Waals surface area contributed by atoms with Crippen LogP contribution in [0.3, 0.4) is 0 Å². The van der Waals surface area contributed by atoms with Crippen molar-refractivity contribution in [2.24, 2.45) is 0 Å². The van der Waals surface area contributed by atoms with E-state index in [1.165, 1.54) is 0 Å². The summed E-state index contributed by atoms with van der Waals surface area (Å²) in [6.45, 7) is 8.82. The first-order chi connectivity index (χ1) is 8.80. The Kier molecular flexibility index (Phi) is 2.94. The molecule has 0 bridgehead atoms. The molecule has 0 saturated carbocycles. The summed E-state index contributed by atoms with van der Waals surface area (Å²) in [5.41, 5.74) is 1.14. The summed E-state index contributed by atoms with van der Waals surface area (Å²) in [5, 5.41) is 0. The number of hydrogen-bond acceptors (Lipinski definition) is 3. The lowest BCUT2D eigenvalue weighted by Crippen LogP contribution is -2.41. The number of aromatic nitrogens is 1. The Morgan fingerprint density at radius 1 is 1.26 bits per heavy atom. The van der Waals surface area contributed by atoms with E-state index in [4.69, 9.17) is 9.31 Å². The Bertz CT molecular complexity index is 525. The highest BCUT2D eigenvalue weighted by Gasteiger charge is 2.52. The molecule has 1 unspecified atom stereocenters. The Labute approximate surface area is 116 Å². The maximum Gasteiger partial charge on any atom is 0.512 e. The van der Waals surface area contributed by atoms with Crippen molar-refractivity contribution < 1.29 is 13.5 Å². The van der Waals surface area contributed by atoms with Crippen molar-refractivity contribution in [1.82, 2.24) is 9.71 Å². The molecular formula is C12H19BN2O3S. The van der Waals surface area contributed by atoms with Crippen LogP contribution in [0.25, 0.3) is 0 Å². The van der Waals surface area contributed by atoms with Gasteiger partial charge in [0.2, 0.25) is 0 Å². The lowest BCUT2D eigenvalue weighted by atomic mass is 9.85. The minimum absolute atomic E-state index is 0.360. The molecule has 0 aromatic carbocycles. The van der Waals surface area contributed by atoms with Crippen LogP contribution in [0.4, 0.5) is 0 Å². The second-order valence-electron chi connectivity index (χ2n) is 6.07. The number of aromatic amines is 1. The number of H-pyrrole nitrogens is 1. The first-order valence-corrected chi connectivity index (χ1v) is 7.68. The third kappa shape index (κ3) is 2.09. The van der Waals surface area contributed by atoms with Gasteiger partial charge in [-0.1, -0.05) is 0 Å². The van der Waals surface area contributed by atoms with Gasteiger partial charge in [0.25, 0.3) is 0 Å². The molecule has 1 aromatic heterocycles. The van der Waals surface area contributed by atoms with Crippen LogP contribution >= 0.6 is 0 Å². The fraction of sp³-hybridized carbons (Fsp3) is 0.667. The SMILES string of the molecule is CC1(C)OB(c2cc3c([nH]2)CCNS3=O)OC1(C)C. The first kappa shape index (κ1) is 13.4. The molecule has 0 aliphatic carbocycles. The van der Waals surface area contributed by atoms with Gasteiger partial charge >= 0.3 is 7.12 Å². The van der Waals surface area contributed by atoms with Crippen molar-refractivity contribution in [3.05, 3.63) is 11.8 Å². The van der Waals surface area contributed by atoms with E-state index in [2.05, 4.69) is 9.71 Å². The van der Waals surface area contributed by atoms with Gasteiger partial charge in [0.1, 0.15) is 11.0 Å². The Morgan fingerprint density at radius 2 is 1.89 bits per heavy atom. The van der Waals surface area contributed by atoms with Crippen LogP contribution in [0.2, 0.25) is 0 Å². The van der Waals surface area contributed by atoms with Crippen molar-refractivity contribution in [3.8, 4) is 0 Å². The standard InChI is InChI=1S/C12H19BN2O3S/c1-11(2)12(3,4)18-13(17-11)10-7-9-8(15-10)5-6-14-19(9)16/h7,14-15H,5-6H2,1-4H3. The minimum atomic E-state index is -1.13. The van der Waals surface area contributed by atoms with Gasteiger partial charge < -0.3 is 14.3 Å². The van der Waals surface area contributed by atoms with Crippen LogP contribution < -0.4 is 10.3 Å². The fourth-order valence-corrected chi connectivity index (χ4v) is 3.35. The summed E-state index contributed by atoms with van der Waals surface area (Å²) in [6, 6.07) is 1.89. The Hall–Kier alpha value is -0.625. The Morgan fingerprint density at radius 3 is 2.47 bits per heavy atom. The summed E-state index contributed by atoms with van der Waals surface area (Å²) in [6.07, 6.45) is 0.848. The molecule has 104 valence electrons. The number of rotatable bonds is 1. The molecule has 1 atom stereocenters. The maximum absolute atomic E-state index is 11.9. The zero-order valence-corrected chi connectivity index (χ0v) is 12.5. The quantitative estimate of drug-likeness (QED) is 0.737. The maximum atomic E-state index is 11.9. The van der Waals surface area contributed by atoms with E-state index in [9.17, 15) is 4.21 Å². The molecule has 1 fully saturated rings. The van der Waals surface area contributed by atoms with E-state index >= 15 is 0 Å². The molecule has 0 amide bonds. The van der Waals surface area contributed by atoms with Gasteiger partial charge in [0.05, 0.1) is 16.1 Å². The third-order valence-corrected chi connectivity index (χ3v) is 5.42. The predicted octanol–water partition coefficient (Wildman–Crippen LogP) is 0.482. The van der Waals surface area contributed by atoms with Crippen LogP contribution in [0, 0.1) is 0 Å². The van der Waals surface area contributed by atoms with E-state index in [1.807, 2.05) is 33.8 Å². The largest absolute Gasteiger partial charge is 0.512 e. The highest BCUT2D eigenvalue weighted by atomic mass is 32.2. The molecule has 2 aliphatic heterocycles. The van der Waals surface area contributed by atoms with Gasteiger partial charge in [-0.25, -0.2) is 8.93 Å². The molecule has 1 saturated heterocycles. The molecule has 19 heavy (non-hydrogen) atoms. The minimum Gasteiger partial charge on any atom is -0.398 e. The van der Waals surface area contributed by atoms with E-state index in [1.54, 1.807) is 0 Å². The Balaban J connectivity index is 1.91. The van der Waals surface area contributed by atoms with Crippen LogP contribution in [0.1, 0.15) is 33.4 Å². The second-order valence-corrected chi connectivity index (χ2v) is 7.33. The summed E-state index contributed by atoms with van der Waals surface area (Å²) in [4.78, 5) is 4.11. The second kappa shape index (κ2) is 4.18. The predicted molar refractivity (Wildman–Crippen MR) is 74.6 cm³/mol. The summed E-state index contributed by atoms with van der Waals surface area (Å²) >= 11 is 0. The van der Waals surface area contributed by atoms with Gasteiger partial charge in [-0.15, -0.1) is 0 Å². The molecule has 3 rings (SSSR count). The van der Waals surface area contributed by atoms with Gasteiger partial charge in [-0.05, 0) is 33.8 Å². The monoisotopic (exact) mass is 282 g/mol. The van der Waals surface area contributed by atoms with Gasteiger partial charge in [-0.3, -0.25) is 0 Å². The van der Waals surface area contributed by atoms with E-state index in [0.29, 0.717) is 0 Å². The fourth-order valence-electron chi connectivity index (χ4n) is 2.29. The molecule has 0 radical (unpaired) electrons. The molecule has 1 aromatic rings. The average molecular weight is 282 g/mol. The van der Waals surface area contributed by atoms with Gasteiger partial charge in [-0.2, -0.15) is 0 Å². The van der Waals surface area contributed by atoms with Gasteiger partial charge in [0.15, 0.2) is 0 Å². The first-order valence-electron chi connectivity index (χ1n) is 6.53. The number of nitrogens with one attached hydrogen (secondary N) is 2. The summed E-state index contributed by atoms with van der Waals surface area (Å²) < 4.78 is 26.8. The zero-order valence-electron chi connectivity index (χ0n) is 11.7. The smallest absolute Gasteiger partial charge is 0.398 e. The number of hydrogen-bond donors (Lipinski definition) is 2. The molecular weight excluding hydrogens is 263 g/mol. The van der Waals surface area contributed by atoms with Crippen LogP contribution in [-0.4, -0.2) is 34.1 Å². The molecule has 7 heteroatoms. The molecule has 0 spiro atoms. The van der Waals surface area contributed by atoms with Crippen LogP contribution in [0.5, 0.6) is 0 Å². The lowest BCUT2D eigenvalue weighted by Gasteiger charge is -2.32. The van der Waals surface area contributed by atoms with Crippen molar-refractivity contribution in [1.29, 1.82) is 0 Å². The van der Waals surface area contributed by atoms with Gasteiger partial charge in [0, 0.05) is 24.3 Å². The van der Waals surface area contributed by atoms with E-state index in [-0.39, 0.29) is 11.2 Å². The van der Waals surface area contributed by atoms with Crippen molar-refractivity contribution in [2.75, 3.05) is 6.54 Å². The summed E-state index contributed by atoms with van der Waals surface area (Å²) in [5.74, 6) is 0. The molecule has 3 heterocycles. The molecule has 2 aliphatic rings. The lowest BCUT2D eigenvalue weighted by molar-refractivity contribution is 0.00578. The van der Waals surface area contributed by atoms with Crippen LogP contribution in [-0.2, 0) is 26.7 Å². The summed E-state index contributed by atoms with van der Waals surface area (Å²) in [7, 11) is -1.55. The zero-order chi connectivity index (χ0) is 13.8. The van der Waals surface area contributed by atoms with Crippen molar-refractivity contribution >= 4 is 23.7 Å². The molecule has 2 N–H and O–H groups in total. The normalized spacial score (nSPS) is 28.4. The highest BCUT2D eigenvalue weighted by molar-refractivity contribution is 7.83. The third-order valence-electron chi connectivity index (χ3n) is 4.19. The average Bonchev–Trinajstić information content (AvgIpc) is 2.80.